The average molecular weight is 300 g/mol. The summed E-state index contributed by atoms with van der Waals surface area (Å²) in [6.45, 7) is 3.78. The number of hydrogen-bond acceptors (Lipinski definition) is 3. The number of hydrogen-bond donors (Lipinski definition) is 0. The first-order valence-corrected chi connectivity index (χ1v) is 7.96. The molecule has 1 fully saturated rings. The summed E-state index contributed by atoms with van der Waals surface area (Å²) in [7, 11) is 4.12. The predicted octanol–water partition coefficient (Wildman–Crippen LogP) is 2.20. The molecule has 2 aromatic heterocycles. The number of carbonyl (C=O) groups is 1. The Bertz CT molecular complexity index is 676. The number of aryl methyl sites for hydroxylation is 1. The monoisotopic (exact) mass is 300 g/mol. The molecule has 0 spiro atoms. The summed E-state index contributed by atoms with van der Waals surface area (Å²) >= 11 is 0. The lowest BCUT2D eigenvalue weighted by molar-refractivity contribution is 0.0569. The van der Waals surface area contributed by atoms with E-state index in [2.05, 4.69) is 24.0 Å². The molecule has 0 aliphatic carbocycles. The Labute approximate surface area is 131 Å². The van der Waals surface area contributed by atoms with Crippen LogP contribution in [0, 0.1) is 6.92 Å². The summed E-state index contributed by atoms with van der Waals surface area (Å²) in [5.41, 5.74) is 2.48. The molecule has 3 heterocycles. The van der Waals surface area contributed by atoms with Crippen molar-refractivity contribution in [1.29, 1.82) is 0 Å². The molecule has 118 valence electrons. The molecular weight excluding hydrogens is 276 g/mol. The van der Waals surface area contributed by atoms with Crippen LogP contribution in [-0.2, 0) is 0 Å². The van der Waals surface area contributed by atoms with Gasteiger partial charge in [-0.3, -0.25) is 4.79 Å². The molecule has 3 rings (SSSR count). The Hall–Kier alpha value is -1.88. The number of carbonyl (C=O) groups excluding carboxylic acids is 1. The van der Waals surface area contributed by atoms with Gasteiger partial charge in [-0.1, -0.05) is 6.07 Å². The van der Waals surface area contributed by atoms with Crippen molar-refractivity contribution in [2.45, 2.75) is 32.2 Å². The zero-order valence-corrected chi connectivity index (χ0v) is 13.6. The van der Waals surface area contributed by atoms with Gasteiger partial charge in [0.25, 0.3) is 5.91 Å². The van der Waals surface area contributed by atoms with Crippen molar-refractivity contribution < 1.29 is 4.79 Å². The molecule has 0 saturated carbocycles. The highest BCUT2D eigenvalue weighted by Crippen LogP contribution is 2.20. The maximum Gasteiger partial charge on any atom is 0.274 e. The second kappa shape index (κ2) is 6.08. The van der Waals surface area contributed by atoms with E-state index in [0.717, 1.165) is 37.3 Å². The number of rotatable bonds is 3. The summed E-state index contributed by atoms with van der Waals surface area (Å²) in [5, 5.41) is 0. The fourth-order valence-corrected chi connectivity index (χ4v) is 3.28. The molecule has 0 N–H and O–H groups in total. The van der Waals surface area contributed by atoms with Crippen LogP contribution < -0.4 is 0 Å². The van der Waals surface area contributed by atoms with Gasteiger partial charge in [-0.2, -0.15) is 0 Å². The Kier molecular flexibility index (Phi) is 4.16. The van der Waals surface area contributed by atoms with Crippen molar-refractivity contribution in [2.24, 2.45) is 0 Å². The topological polar surface area (TPSA) is 40.9 Å². The lowest BCUT2D eigenvalue weighted by Crippen LogP contribution is -2.48. The first-order chi connectivity index (χ1) is 10.6. The van der Waals surface area contributed by atoms with Crippen molar-refractivity contribution in [3.63, 3.8) is 0 Å². The zero-order valence-electron chi connectivity index (χ0n) is 13.6. The van der Waals surface area contributed by atoms with E-state index in [1.54, 1.807) is 0 Å². The predicted molar refractivity (Wildman–Crippen MR) is 87.2 cm³/mol. The molecule has 2 aromatic rings. The maximum atomic E-state index is 12.9. The van der Waals surface area contributed by atoms with Crippen LogP contribution in [0.3, 0.4) is 0 Å². The number of pyridine rings is 1. The van der Waals surface area contributed by atoms with Gasteiger partial charge in [0.2, 0.25) is 0 Å². The molecule has 1 amide bonds. The molecule has 5 heteroatoms. The number of amides is 1. The minimum atomic E-state index is 0.0645. The summed E-state index contributed by atoms with van der Waals surface area (Å²) in [6, 6.07) is 6.24. The van der Waals surface area contributed by atoms with E-state index in [9.17, 15) is 4.79 Å². The first kappa shape index (κ1) is 15.0. The smallest absolute Gasteiger partial charge is 0.274 e. The highest BCUT2D eigenvalue weighted by atomic mass is 16.2. The van der Waals surface area contributed by atoms with Gasteiger partial charge < -0.3 is 14.2 Å². The van der Waals surface area contributed by atoms with Gasteiger partial charge in [0.05, 0.1) is 0 Å². The Morgan fingerprint density at radius 1 is 1.36 bits per heavy atom. The SMILES string of the molecule is Cc1cccc2nc(C(=O)N3CCCC[C@H]3CN(C)C)cn12. The number of imidazole rings is 1. The molecule has 1 aliphatic rings. The number of likely N-dealkylation sites (N-methyl/N-ethyl adjacent to an activating group) is 1. The number of likely N-dealkylation sites (tertiary alicyclic amines) is 1. The zero-order chi connectivity index (χ0) is 15.7. The van der Waals surface area contributed by atoms with Crippen LogP contribution >= 0.6 is 0 Å². The summed E-state index contributed by atoms with van der Waals surface area (Å²) < 4.78 is 1.98. The molecular formula is C17H24N4O. The van der Waals surface area contributed by atoms with E-state index >= 15 is 0 Å². The van der Waals surface area contributed by atoms with Gasteiger partial charge >= 0.3 is 0 Å². The Balaban J connectivity index is 1.88. The molecule has 1 saturated heterocycles. The number of aromatic nitrogens is 2. The average Bonchev–Trinajstić information content (AvgIpc) is 2.92. The van der Waals surface area contributed by atoms with E-state index in [0.29, 0.717) is 11.7 Å². The first-order valence-electron chi connectivity index (χ1n) is 7.96. The van der Waals surface area contributed by atoms with Crippen molar-refractivity contribution >= 4 is 11.6 Å². The normalized spacial score (nSPS) is 19.1. The second-order valence-electron chi connectivity index (χ2n) is 6.43. The third-order valence-electron chi connectivity index (χ3n) is 4.38. The van der Waals surface area contributed by atoms with Gasteiger partial charge in [-0.15, -0.1) is 0 Å². The van der Waals surface area contributed by atoms with Gasteiger partial charge in [0.1, 0.15) is 11.3 Å². The molecule has 0 aromatic carbocycles. The highest BCUT2D eigenvalue weighted by molar-refractivity contribution is 5.93. The molecule has 1 aliphatic heterocycles. The second-order valence-corrected chi connectivity index (χ2v) is 6.43. The fourth-order valence-electron chi connectivity index (χ4n) is 3.28. The number of fused-ring (bicyclic) bond motifs is 1. The van der Waals surface area contributed by atoms with Crippen LogP contribution in [0.1, 0.15) is 35.4 Å². The van der Waals surface area contributed by atoms with Crippen LogP contribution in [0.4, 0.5) is 0 Å². The highest BCUT2D eigenvalue weighted by Gasteiger charge is 2.29. The lowest BCUT2D eigenvalue weighted by atomic mass is 10.0. The summed E-state index contributed by atoms with van der Waals surface area (Å²) in [5.74, 6) is 0.0645. The number of nitrogens with zero attached hydrogens (tertiary/aromatic N) is 4. The van der Waals surface area contributed by atoms with Crippen LogP contribution in [-0.4, -0.2) is 58.3 Å². The van der Waals surface area contributed by atoms with Gasteiger partial charge in [0, 0.05) is 31.0 Å². The van der Waals surface area contributed by atoms with Crippen molar-refractivity contribution in [3.8, 4) is 0 Å². The molecule has 22 heavy (non-hydrogen) atoms. The molecule has 1 atom stereocenters. The van der Waals surface area contributed by atoms with E-state index in [4.69, 9.17) is 0 Å². The number of piperidine rings is 1. The van der Waals surface area contributed by atoms with Crippen LogP contribution in [0.5, 0.6) is 0 Å². The minimum Gasteiger partial charge on any atom is -0.333 e. The van der Waals surface area contributed by atoms with Crippen LogP contribution in [0.25, 0.3) is 5.65 Å². The summed E-state index contributed by atoms with van der Waals surface area (Å²) in [6.07, 6.45) is 5.24. The minimum absolute atomic E-state index is 0.0645. The molecule has 0 bridgehead atoms. The van der Waals surface area contributed by atoms with E-state index in [1.165, 1.54) is 6.42 Å². The van der Waals surface area contributed by atoms with E-state index < -0.39 is 0 Å². The van der Waals surface area contributed by atoms with E-state index in [-0.39, 0.29) is 5.91 Å². The standard InChI is InChI=1S/C17H24N4O/c1-13-7-6-9-16-18-15(12-21(13)16)17(22)20-10-5-4-8-14(20)11-19(2)3/h6-7,9,12,14H,4-5,8,10-11H2,1-3H3/t14-/m0/s1. The van der Waals surface area contributed by atoms with Crippen molar-refractivity contribution in [1.82, 2.24) is 19.2 Å². The third-order valence-corrected chi connectivity index (χ3v) is 4.38. The fraction of sp³-hybridized carbons (Fsp3) is 0.529. The third kappa shape index (κ3) is 2.86. The molecule has 0 radical (unpaired) electrons. The molecule has 0 unspecified atom stereocenters. The van der Waals surface area contributed by atoms with Gasteiger partial charge in [-0.25, -0.2) is 4.98 Å². The van der Waals surface area contributed by atoms with E-state index in [1.807, 2.05) is 40.6 Å². The van der Waals surface area contributed by atoms with Crippen molar-refractivity contribution in [2.75, 3.05) is 27.2 Å². The van der Waals surface area contributed by atoms with Gasteiger partial charge in [-0.05, 0) is 52.4 Å². The van der Waals surface area contributed by atoms with Crippen LogP contribution in [0.15, 0.2) is 24.4 Å². The summed E-state index contributed by atoms with van der Waals surface area (Å²) in [4.78, 5) is 21.6. The Morgan fingerprint density at radius 2 is 2.18 bits per heavy atom. The van der Waals surface area contributed by atoms with Gasteiger partial charge in [0.15, 0.2) is 0 Å². The van der Waals surface area contributed by atoms with Crippen molar-refractivity contribution in [3.05, 3.63) is 35.8 Å². The lowest BCUT2D eigenvalue weighted by Gasteiger charge is -2.36. The largest absolute Gasteiger partial charge is 0.333 e. The van der Waals surface area contributed by atoms with Crippen LogP contribution in [0.2, 0.25) is 0 Å². The quantitative estimate of drug-likeness (QED) is 0.872. The maximum absolute atomic E-state index is 12.9. The Morgan fingerprint density at radius 3 is 2.91 bits per heavy atom. The molecule has 5 nitrogen and oxygen atoms in total.